The van der Waals surface area contributed by atoms with Crippen LogP contribution in [-0.2, 0) is 34.4 Å². The number of alkyl carbamates (subject to hydrolysis) is 1. The molecule has 0 spiro atoms. The van der Waals surface area contributed by atoms with Gasteiger partial charge < -0.3 is 28.4 Å². The van der Waals surface area contributed by atoms with Gasteiger partial charge >= 0.3 is 18.0 Å². The molecule has 0 aromatic heterocycles. The average Bonchev–Trinajstić information content (AvgIpc) is 2.87. The number of amides is 1. The molecular weight excluding hydrogens is 606 g/mol. The zero-order valence-corrected chi connectivity index (χ0v) is 29.7. The Kier molecular flexibility index (Phi) is 12.6. The molecule has 0 saturated heterocycles. The molecule has 0 bridgehead atoms. The predicted octanol–water partition coefficient (Wildman–Crippen LogP) is 7.75. The smallest absolute Gasteiger partial charge is 0.408 e. The third-order valence-corrected chi connectivity index (χ3v) is 7.54. The second kappa shape index (κ2) is 15.6. The summed E-state index contributed by atoms with van der Waals surface area (Å²) in [5, 5.41) is 2.62. The number of carbonyl (C=O) groups is 3. The molecule has 9 nitrogen and oxygen atoms in total. The van der Waals surface area contributed by atoms with Crippen molar-refractivity contribution in [3.8, 4) is 5.75 Å². The topological polar surface area (TPSA) is 109 Å². The molecule has 1 aliphatic rings. The van der Waals surface area contributed by atoms with E-state index in [2.05, 4.69) is 36.5 Å². The molecule has 2 aromatic rings. The number of carbonyl (C=O) groups excluding carboxylic acids is 3. The first kappa shape index (κ1) is 37.2. The molecule has 1 saturated carbocycles. The molecule has 2 aromatic carbocycles. The van der Waals surface area contributed by atoms with E-state index in [-0.39, 0.29) is 25.0 Å². The first-order chi connectivity index (χ1) is 21.2. The van der Waals surface area contributed by atoms with E-state index in [1.165, 1.54) is 17.6 Å². The lowest BCUT2D eigenvalue weighted by molar-refractivity contribution is -0.162. The van der Waals surface area contributed by atoms with Gasteiger partial charge in [-0.05, 0) is 112 Å². The molecule has 0 heterocycles. The van der Waals surface area contributed by atoms with E-state index in [4.69, 9.17) is 23.1 Å². The van der Waals surface area contributed by atoms with Crippen LogP contribution >= 0.6 is 12.0 Å². The lowest BCUT2D eigenvalue weighted by Crippen LogP contribution is -2.48. The minimum Gasteiger partial charge on any atom is -0.490 e. The van der Waals surface area contributed by atoms with Crippen LogP contribution in [0.4, 0.5) is 4.79 Å². The number of aryl methyl sites for hydroxylation is 1. The summed E-state index contributed by atoms with van der Waals surface area (Å²) in [7, 11) is 0. The van der Waals surface area contributed by atoms with E-state index in [1.54, 1.807) is 62.3 Å². The minimum atomic E-state index is -1.13. The van der Waals surface area contributed by atoms with Crippen molar-refractivity contribution < 1.29 is 37.5 Å². The summed E-state index contributed by atoms with van der Waals surface area (Å²) in [5.74, 6) is -1.16. The second-order valence-corrected chi connectivity index (χ2v) is 15.7. The number of hydrogen-bond acceptors (Lipinski definition) is 9. The van der Waals surface area contributed by atoms with Crippen LogP contribution in [0.3, 0.4) is 0 Å². The Hall–Kier alpha value is -3.24. The number of hydrogen-bond donors (Lipinski definition) is 1. The SMILES string of the molecule is Cc1ccc(SOC2CC(Oc3ccc(CC(CC(NC(=O)OC(C)(C)C)C(=O)OC(C)(C)C)C(=O)OC(C)(C)C)cc3)C2)cc1. The molecule has 1 fully saturated rings. The van der Waals surface area contributed by atoms with Crippen LogP contribution in [0.5, 0.6) is 5.75 Å². The van der Waals surface area contributed by atoms with Gasteiger partial charge in [-0.25, -0.2) is 9.59 Å². The zero-order valence-electron chi connectivity index (χ0n) is 28.9. The van der Waals surface area contributed by atoms with Gasteiger partial charge in [0.05, 0.1) is 12.0 Å². The van der Waals surface area contributed by atoms with E-state index in [9.17, 15) is 14.4 Å². The molecule has 2 unspecified atom stereocenters. The van der Waals surface area contributed by atoms with Crippen LogP contribution in [0.2, 0.25) is 0 Å². The Balaban J connectivity index is 1.65. The maximum absolute atomic E-state index is 13.4. The summed E-state index contributed by atoms with van der Waals surface area (Å²) >= 11 is 1.40. The quantitative estimate of drug-likeness (QED) is 0.139. The predicted molar refractivity (Wildman–Crippen MR) is 179 cm³/mol. The van der Waals surface area contributed by atoms with E-state index in [0.717, 1.165) is 29.1 Å². The highest BCUT2D eigenvalue weighted by molar-refractivity contribution is 7.94. The van der Waals surface area contributed by atoms with E-state index in [1.807, 2.05) is 24.3 Å². The van der Waals surface area contributed by atoms with Crippen molar-refractivity contribution >= 4 is 30.1 Å². The van der Waals surface area contributed by atoms with Crippen LogP contribution in [-0.4, -0.2) is 53.1 Å². The van der Waals surface area contributed by atoms with Crippen molar-refractivity contribution in [3.05, 3.63) is 59.7 Å². The molecule has 0 aliphatic heterocycles. The molecule has 1 amide bonds. The largest absolute Gasteiger partial charge is 0.490 e. The van der Waals surface area contributed by atoms with Crippen molar-refractivity contribution in [2.24, 2.45) is 5.92 Å². The molecular formula is C36H51NO8S. The Morgan fingerprint density at radius 2 is 1.30 bits per heavy atom. The van der Waals surface area contributed by atoms with E-state index < -0.39 is 46.8 Å². The Morgan fingerprint density at radius 1 is 0.761 bits per heavy atom. The highest BCUT2D eigenvalue weighted by atomic mass is 32.2. The van der Waals surface area contributed by atoms with Gasteiger partial charge in [0.15, 0.2) is 0 Å². The summed E-state index contributed by atoms with van der Waals surface area (Å²) in [6, 6.07) is 14.7. The van der Waals surface area contributed by atoms with Gasteiger partial charge in [-0.3, -0.25) is 4.79 Å². The summed E-state index contributed by atoms with van der Waals surface area (Å²) in [6.07, 6.45) is 1.28. The van der Waals surface area contributed by atoms with Crippen LogP contribution in [0.1, 0.15) is 92.7 Å². The van der Waals surface area contributed by atoms with Crippen LogP contribution < -0.4 is 10.1 Å². The first-order valence-electron chi connectivity index (χ1n) is 15.9. The molecule has 10 heteroatoms. The summed E-state index contributed by atoms with van der Waals surface area (Å²) < 4.78 is 28.8. The average molecular weight is 658 g/mol. The lowest BCUT2D eigenvalue weighted by atomic mass is 9.91. The zero-order chi connectivity index (χ0) is 34.3. The summed E-state index contributed by atoms with van der Waals surface area (Å²) in [6.45, 7) is 17.8. The first-order valence-corrected chi connectivity index (χ1v) is 16.6. The van der Waals surface area contributed by atoms with Gasteiger partial charge in [0.25, 0.3) is 0 Å². The van der Waals surface area contributed by atoms with Crippen molar-refractivity contribution in [2.45, 2.75) is 135 Å². The number of rotatable bonds is 12. The van der Waals surface area contributed by atoms with Crippen molar-refractivity contribution in [3.63, 3.8) is 0 Å². The Bertz CT molecular complexity index is 1300. The summed E-state index contributed by atoms with van der Waals surface area (Å²) in [4.78, 5) is 40.4. The van der Waals surface area contributed by atoms with Crippen LogP contribution in [0.15, 0.2) is 53.4 Å². The monoisotopic (exact) mass is 657 g/mol. The van der Waals surface area contributed by atoms with Gasteiger partial charge in [0, 0.05) is 29.8 Å². The Labute approximate surface area is 278 Å². The van der Waals surface area contributed by atoms with Crippen molar-refractivity contribution in [1.82, 2.24) is 5.32 Å². The van der Waals surface area contributed by atoms with Crippen LogP contribution in [0, 0.1) is 12.8 Å². The van der Waals surface area contributed by atoms with Crippen LogP contribution in [0.25, 0.3) is 0 Å². The van der Waals surface area contributed by atoms with E-state index in [0.29, 0.717) is 0 Å². The lowest BCUT2D eigenvalue weighted by Gasteiger charge is -2.34. The third kappa shape index (κ3) is 13.6. The fourth-order valence-electron chi connectivity index (χ4n) is 4.56. The second-order valence-electron chi connectivity index (χ2n) is 14.9. The minimum absolute atomic E-state index is 0.0363. The standard InChI is InChI=1S/C36H51NO8S/c1-23-11-17-29(18-12-23)46-45-28-21-27(22-28)41-26-15-13-24(14-16-26)19-25(31(38)42-34(2,3)4)20-30(32(39)43-35(5,6)7)37-33(40)44-36(8,9)10/h11-18,25,27-28,30H,19-22H2,1-10H3,(H,37,40). The van der Waals surface area contributed by atoms with E-state index >= 15 is 0 Å². The molecule has 2 atom stereocenters. The molecule has 1 N–H and O–H groups in total. The Morgan fingerprint density at radius 3 is 1.85 bits per heavy atom. The van der Waals surface area contributed by atoms with Gasteiger partial charge in [0.1, 0.15) is 34.7 Å². The van der Waals surface area contributed by atoms with Gasteiger partial charge in [-0.1, -0.05) is 29.8 Å². The third-order valence-electron chi connectivity index (χ3n) is 6.70. The van der Waals surface area contributed by atoms with Crippen molar-refractivity contribution in [1.29, 1.82) is 0 Å². The number of nitrogens with one attached hydrogen (secondary N) is 1. The molecule has 254 valence electrons. The summed E-state index contributed by atoms with van der Waals surface area (Å²) in [5.41, 5.74) is -0.240. The fourth-order valence-corrected chi connectivity index (χ4v) is 5.21. The molecule has 46 heavy (non-hydrogen) atoms. The fraction of sp³-hybridized carbons (Fsp3) is 0.583. The highest BCUT2D eigenvalue weighted by Crippen LogP contribution is 2.33. The molecule has 0 radical (unpaired) electrons. The van der Waals surface area contributed by atoms with Gasteiger partial charge in [0.2, 0.25) is 0 Å². The maximum atomic E-state index is 13.4. The number of ether oxygens (including phenoxy) is 4. The number of benzene rings is 2. The van der Waals surface area contributed by atoms with Crippen molar-refractivity contribution in [2.75, 3.05) is 0 Å². The van der Waals surface area contributed by atoms with Gasteiger partial charge in [-0.2, -0.15) is 0 Å². The highest BCUT2D eigenvalue weighted by Gasteiger charge is 2.36. The normalized spacial score (nSPS) is 18.0. The molecule has 1 aliphatic carbocycles. The maximum Gasteiger partial charge on any atom is 0.408 e. The molecule has 3 rings (SSSR count). The number of esters is 2. The van der Waals surface area contributed by atoms with Gasteiger partial charge in [-0.15, -0.1) is 0 Å².